The molecule has 0 amide bonds. The maximum atomic E-state index is 13.7. The van der Waals surface area contributed by atoms with Crippen LogP contribution in [0.2, 0.25) is 0 Å². The van der Waals surface area contributed by atoms with Gasteiger partial charge in [0.05, 0.1) is 0 Å². The highest BCUT2D eigenvalue weighted by Gasteiger charge is 2.97. The van der Waals surface area contributed by atoms with Crippen molar-refractivity contribution < 1.29 is 92.2 Å². The van der Waals surface area contributed by atoms with Crippen LogP contribution in [0.25, 0.3) is 0 Å². The molecular weight excluding hydrogens is 603 g/mol. The number of unbranched alkanes of at least 4 members (excludes halogenated alkanes) is 4. The molecule has 0 fully saturated rings. The molecule has 0 N–H and O–H groups in total. The Balaban J connectivity index is 6.70. The first kappa shape index (κ1) is 36.5. The van der Waals surface area contributed by atoms with Gasteiger partial charge in [-0.2, -0.15) is 92.2 Å². The summed E-state index contributed by atoms with van der Waals surface area (Å²) in [5.74, 6) is -76.2. The lowest BCUT2D eigenvalue weighted by Crippen LogP contribution is -2.76. The molecule has 0 aliphatic rings. The minimum absolute atomic E-state index is 0.0408. The fourth-order valence-electron chi connectivity index (χ4n) is 2.70. The van der Waals surface area contributed by atoms with E-state index >= 15 is 0 Å². The zero-order chi connectivity index (χ0) is 31.2. The minimum Gasteiger partial charge on any atom is -0.200 e. The van der Waals surface area contributed by atoms with Crippen molar-refractivity contribution in [3.05, 3.63) is 0 Å². The molecule has 0 aromatic heterocycles. The van der Waals surface area contributed by atoms with Crippen molar-refractivity contribution in [1.82, 2.24) is 0 Å². The molecule has 230 valence electrons. The van der Waals surface area contributed by atoms with Crippen molar-refractivity contribution in [2.75, 3.05) is 0 Å². The lowest BCUT2D eigenvalue weighted by molar-refractivity contribution is -0.474. The van der Waals surface area contributed by atoms with E-state index in [9.17, 15) is 92.2 Å². The van der Waals surface area contributed by atoms with E-state index in [-0.39, 0.29) is 12.8 Å². The fraction of sp³-hybridized carbons (Fsp3) is 1.00. The Bertz CT molecular complexity index is 790. The largest absolute Gasteiger partial charge is 0.460 e. The third-order valence-corrected chi connectivity index (χ3v) is 5.17. The molecule has 0 aromatic rings. The summed E-state index contributed by atoms with van der Waals surface area (Å²) >= 11 is 0. The third-order valence-electron chi connectivity index (χ3n) is 5.17. The standard InChI is InChI=1S/C17H15F21/c1-2-3-4-5-6-7-8(18,19)9(20,21)10(22,23)11(24,25)12(26,27)13(28,29)14(30,31)15(32,33)16(34,35)17(36,37)38/h2-7H2,1H3. The topological polar surface area (TPSA) is 0 Å². The first-order valence-electron chi connectivity index (χ1n) is 9.78. The van der Waals surface area contributed by atoms with Crippen molar-refractivity contribution in [2.45, 2.75) is 105 Å². The number of rotatable bonds is 14. The Morgan fingerprint density at radius 1 is 0.316 bits per heavy atom. The quantitative estimate of drug-likeness (QED) is 0.134. The summed E-state index contributed by atoms with van der Waals surface area (Å²) in [6.07, 6.45) is -11.6. The van der Waals surface area contributed by atoms with E-state index in [0.29, 0.717) is 6.42 Å². The Hall–Kier alpha value is -1.47. The van der Waals surface area contributed by atoms with Crippen LogP contribution in [0.1, 0.15) is 45.4 Å². The number of hydrogen-bond donors (Lipinski definition) is 0. The Labute approximate surface area is 198 Å². The van der Waals surface area contributed by atoms with Crippen molar-refractivity contribution in [3.8, 4) is 0 Å². The highest BCUT2D eigenvalue weighted by atomic mass is 19.4. The van der Waals surface area contributed by atoms with Crippen LogP contribution in [0.15, 0.2) is 0 Å². The Kier molecular flexibility index (Phi) is 9.78. The predicted molar refractivity (Wildman–Crippen MR) is 84.0 cm³/mol. The van der Waals surface area contributed by atoms with E-state index in [4.69, 9.17) is 0 Å². The highest BCUT2D eigenvalue weighted by Crippen LogP contribution is 2.66. The molecule has 0 aromatic carbocycles. The van der Waals surface area contributed by atoms with Crippen LogP contribution in [-0.4, -0.2) is 59.5 Å². The Morgan fingerprint density at radius 2 is 0.579 bits per heavy atom. The van der Waals surface area contributed by atoms with Gasteiger partial charge in [-0.15, -0.1) is 0 Å². The summed E-state index contributed by atoms with van der Waals surface area (Å²) < 4.78 is 278. The molecule has 0 saturated heterocycles. The molecule has 21 heteroatoms. The maximum Gasteiger partial charge on any atom is 0.460 e. The molecule has 0 heterocycles. The normalized spacial score (nSPS) is 16.3. The third kappa shape index (κ3) is 5.07. The van der Waals surface area contributed by atoms with Crippen molar-refractivity contribution in [3.63, 3.8) is 0 Å². The first-order chi connectivity index (χ1) is 16.3. The van der Waals surface area contributed by atoms with Gasteiger partial charge in [0.1, 0.15) is 0 Å². The highest BCUT2D eigenvalue weighted by molar-refractivity contribution is 5.17. The van der Waals surface area contributed by atoms with Gasteiger partial charge < -0.3 is 0 Å². The molecule has 0 radical (unpaired) electrons. The van der Waals surface area contributed by atoms with E-state index in [1.807, 2.05) is 0 Å². The van der Waals surface area contributed by atoms with Crippen molar-refractivity contribution in [1.29, 1.82) is 0 Å². The number of alkyl halides is 21. The van der Waals surface area contributed by atoms with Gasteiger partial charge in [-0.05, 0) is 6.42 Å². The van der Waals surface area contributed by atoms with Gasteiger partial charge >= 0.3 is 59.5 Å². The molecule has 0 aliphatic carbocycles. The van der Waals surface area contributed by atoms with E-state index in [1.54, 1.807) is 0 Å². The zero-order valence-electron chi connectivity index (χ0n) is 18.2. The van der Waals surface area contributed by atoms with Crippen LogP contribution in [0, 0.1) is 0 Å². The summed E-state index contributed by atoms with van der Waals surface area (Å²) in [6.45, 7) is 1.53. The molecule has 0 saturated carbocycles. The first-order valence-corrected chi connectivity index (χ1v) is 9.78. The molecule has 38 heavy (non-hydrogen) atoms. The second-order valence-corrected chi connectivity index (χ2v) is 7.96. The monoisotopic (exact) mass is 618 g/mol. The molecule has 0 atom stereocenters. The lowest BCUT2D eigenvalue weighted by atomic mass is 9.85. The molecule has 0 rings (SSSR count). The lowest BCUT2D eigenvalue weighted by Gasteiger charge is -2.44. The zero-order valence-corrected chi connectivity index (χ0v) is 18.2. The molecular formula is C17H15F21. The van der Waals surface area contributed by atoms with Crippen LogP contribution in [0.3, 0.4) is 0 Å². The molecule has 0 nitrogen and oxygen atoms in total. The van der Waals surface area contributed by atoms with Crippen LogP contribution < -0.4 is 0 Å². The van der Waals surface area contributed by atoms with Gasteiger partial charge in [0.2, 0.25) is 0 Å². The van der Waals surface area contributed by atoms with Gasteiger partial charge in [0.15, 0.2) is 0 Å². The number of hydrogen-bond acceptors (Lipinski definition) is 0. The summed E-state index contributed by atoms with van der Waals surface area (Å²) in [5, 5.41) is 0. The summed E-state index contributed by atoms with van der Waals surface area (Å²) in [4.78, 5) is 0. The fourth-order valence-corrected chi connectivity index (χ4v) is 2.70. The molecule has 0 aliphatic heterocycles. The van der Waals surface area contributed by atoms with Crippen LogP contribution >= 0.6 is 0 Å². The van der Waals surface area contributed by atoms with Gasteiger partial charge in [-0.25, -0.2) is 0 Å². The maximum absolute atomic E-state index is 13.7. The molecule has 0 unspecified atom stereocenters. The van der Waals surface area contributed by atoms with E-state index in [1.165, 1.54) is 6.92 Å². The van der Waals surface area contributed by atoms with Gasteiger partial charge in [-0.1, -0.05) is 32.6 Å². The van der Waals surface area contributed by atoms with Gasteiger partial charge in [-0.3, -0.25) is 0 Å². The Morgan fingerprint density at radius 3 is 0.868 bits per heavy atom. The SMILES string of the molecule is CCCCCCCC(F)(F)C(F)(F)C(F)(F)C(F)(F)C(F)(F)C(F)(F)C(F)(F)C(F)(F)C(F)(F)C(F)(F)F. The minimum atomic E-state index is -9.13. The molecule has 0 spiro atoms. The van der Waals surface area contributed by atoms with Crippen LogP contribution in [0.4, 0.5) is 92.2 Å². The molecule has 0 bridgehead atoms. The summed E-state index contributed by atoms with van der Waals surface area (Å²) in [5.41, 5.74) is 0. The summed E-state index contributed by atoms with van der Waals surface area (Å²) in [7, 11) is 0. The second-order valence-electron chi connectivity index (χ2n) is 7.96. The van der Waals surface area contributed by atoms with E-state index < -0.39 is 78.7 Å². The van der Waals surface area contributed by atoms with Crippen LogP contribution in [0.5, 0.6) is 0 Å². The average molecular weight is 618 g/mol. The van der Waals surface area contributed by atoms with Crippen LogP contribution in [-0.2, 0) is 0 Å². The van der Waals surface area contributed by atoms with Crippen molar-refractivity contribution >= 4 is 0 Å². The second kappa shape index (κ2) is 10.2. The van der Waals surface area contributed by atoms with Crippen molar-refractivity contribution in [2.24, 2.45) is 0 Å². The average Bonchev–Trinajstić information content (AvgIpc) is 2.71. The summed E-state index contributed by atoms with van der Waals surface area (Å²) in [6, 6.07) is 0. The van der Waals surface area contributed by atoms with Gasteiger partial charge in [0, 0.05) is 6.42 Å². The number of halogens is 21. The smallest absolute Gasteiger partial charge is 0.200 e. The van der Waals surface area contributed by atoms with E-state index in [0.717, 1.165) is 0 Å². The van der Waals surface area contributed by atoms with Gasteiger partial charge in [0.25, 0.3) is 0 Å². The van der Waals surface area contributed by atoms with E-state index in [2.05, 4.69) is 0 Å². The predicted octanol–water partition coefficient (Wildman–Crippen LogP) is 9.63.